The minimum Gasteiger partial charge on any atom is -0.393 e. The lowest BCUT2D eigenvalue weighted by atomic mass is 9.90. The summed E-state index contributed by atoms with van der Waals surface area (Å²) in [6, 6.07) is 0. The van der Waals surface area contributed by atoms with Crippen molar-refractivity contribution in [1.82, 2.24) is 0 Å². The van der Waals surface area contributed by atoms with Crippen LogP contribution in [0.15, 0.2) is 0 Å². The summed E-state index contributed by atoms with van der Waals surface area (Å²) in [5.41, 5.74) is 0. The molecule has 0 spiro atoms. The molecule has 2 unspecified atom stereocenters. The molecule has 0 aromatic heterocycles. The highest BCUT2D eigenvalue weighted by molar-refractivity contribution is 4.64. The Balaban J connectivity index is 3.60. The maximum absolute atomic E-state index is 9.66. The van der Waals surface area contributed by atoms with Gasteiger partial charge in [-0.1, -0.05) is 104 Å². The summed E-state index contributed by atoms with van der Waals surface area (Å²) in [4.78, 5) is 0. The van der Waals surface area contributed by atoms with Gasteiger partial charge in [-0.3, -0.25) is 0 Å². The highest BCUT2D eigenvalue weighted by atomic mass is 16.3. The highest BCUT2D eigenvalue weighted by Gasteiger charge is 2.11. The first-order valence-electron chi connectivity index (χ1n) is 9.88. The molecule has 0 aliphatic carbocycles. The predicted octanol–water partition coefficient (Wildman–Crippen LogP) is 6.87. The fraction of sp³-hybridized carbons (Fsp3) is 1.00. The molecular formula is C20H42O. The smallest absolute Gasteiger partial charge is 0.0514 e. The third-order valence-electron chi connectivity index (χ3n) is 4.61. The predicted molar refractivity (Wildman–Crippen MR) is 95.8 cm³/mol. The lowest BCUT2D eigenvalue weighted by molar-refractivity contribution is 0.152. The zero-order valence-corrected chi connectivity index (χ0v) is 15.2. The minimum atomic E-state index is -0.116. The first-order chi connectivity index (χ1) is 10.2. The maximum atomic E-state index is 9.66. The van der Waals surface area contributed by atoms with Crippen molar-refractivity contribution < 1.29 is 5.11 Å². The molecule has 1 nitrogen and oxygen atoms in total. The minimum absolute atomic E-state index is 0.116. The second kappa shape index (κ2) is 16.3. The van der Waals surface area contributed by atoms with Crippen molar-refractivity contribution in [3.63, 3.8) is 0 Å². The van der Waals surface area contributed by atoms with Crippen molar-refractivity contribution in [2.45, 2.75) is 123 Å². The molecule has 0 aromatic carbocycles. The Morgan fingerprint density at radius 3 is 1.38 bits per heavy atom. The van der Waals surface area contributed by atoms with Crippen LogP contribution in [0.3, 0.4) is 0 Å². The van der Waals surface area contributed by atoms with Crippen LogP contribution < -0.4 is 0 Å². The average Bonchev–Trinajstić information content (AvgIpc) is 2.45. The molecule has 0 aliphatic heterocycles. The fourth-order valence-corrected chi connectivity index (χ4v) is 3.29. The lowest BCUT2D eigenvalue weighted by Gasteiger charge is -2.18. The van der Waals surface area contributed by atoms with Gasteiger partial charge in [0.1, 0.15) is 0 Å². The van der Waals surface area contributed by atoms with Crippen LogP contribution in [0.4, 0.5) is 0 Å². The third-order valence-corrected chi connectivity index (χ3v) is 4.61. The van der Waals surface area contributed by atoms with Gasteiger partial charge in [0.15, 0.2) is 0 Å². The van der Waals surface area contributed by atoms with Crippen LogP contribution in [0.1, 0.15) is 117 Å². The summed E-state index contributed by atoms with van der Waals surface area (Å²) in [6.45, 7) is 6.51. The summed E-state index contributed by atoms with van der Waals surface area (Å²) in [6.07, 6.45) is 20.2. The molecule has 0 aromatic rings. The monoisotopic (exact) mass is 298 g/mol. The van der Waals surface area contributed by atoms with E-state index < -0.39 is 0 Å². The van der Waals surface area contributed by atoms with Gasteiger partial charge in [-0.05, 0) is 19.3 Å². The van der Waals surface area contributed by atoms with E-state index in [0.717, 1.165) is 12.3 Å². The van der Waals surface area contributed by atoms with E-state index in [2.05, 4.69) is 13.8 Å². The number of rotatable bonds is 16. The Morgan fingerprint density at radius 1 is 0.619 bits per heavy atom. The van der Waals surface area contributed by atoms with Crippen molar-refractivity contribution in [3.05, 3.63) is 0 Å². The molecule has 0 radical (unpaired) electrons. The van der Waals surface area contributed by atoms with E-state index in [9.17, 15) is 5.11 Å². The van der Waals surface area contributed by atoms with Gasteiger partial charge in [-0.15, -0.1) is 0 Å². The normalized spacial score (nSPS) is 14.3. The Hall–Kier alpha value is -0.0400. The van der Waals surface area contributed by atoms with E-state index in [4.69, 9.17) is 0 Å². The largest absolute Gasteiger partial charge is 0.393 e. The van der Waals surface area contributed by atoms with E-state index in [-0.39, 0.29) is 6.10 Å². The van der Waals surface area contributed by atoms with Crippen LogP contribution in [0.5, 0.6) is 0 Å². The first-order valence-corrected chi connectivity index (χ1v) is 9.88. The van der Waals surface area contributed by atoms with Crippen LogP contribution in [0.2, 0.25) is 0 Å². The second-order valence-corrected chi connectivity index (χ2v) is 7.06. The number of hydrogen-bond acceptors (Lipinski definition) is 1. The molecule has 0 heterocycles. The van der Waals surface area contributed by atoms with E-state index in [1.807, 2.05) is 6.92 Å². The van der Waals surface area contributed by atoms with Crippen LogP contribution in [-0.4, -0.2) is 11.2 Å². The standard InChI is InChI=1S/C20H42O/c1-4-6-8-10-11-13-15-17-20(18-19(3)21)16-14-12-9-7-5-2/h19-21H,4-18H2,1-3H3. The first kappa shape index (κ1) is 21.0. The van der Waals surface area contributed by atoms with Crippen molar-refractivity contribution in [3.8, 4) is 0 Å². The molecule has 0 amide bonds. The Morgan fingerprint density at radius 2 is 1.00 bits per heavy atom. The van der Waals surface area contributed by atoms with Gasteiger partial charge in [0.05, 0.1) is 6.10 Å². The number of aliphatic hydroxyl groups excluding tert-OH is 1. The molecule has 1 N–H and O–H groups in total. The summed E-state index contributed by atoms with van der Waals surface area (Å²) in [5, 5.41) is 9.66. The zero-order valence-electron chi connectivity index (χ0n) is 15.2. The summed E-state index contributed by atoms with van der Waals surface area (Å²) >= 11 is 0. The number of hydrogen-bond donors (Lipinski definition) is 1. The van der Waals surface area contributed by atoms with Gasteiger partial charge in [-0.2, -0.15) is 0 Å². The quantitative estimate of drug-likeness (QED) is 0.308. The van der Waals surface area contributed by atoms with Crippen molar-refractivity contribution in [1.29, 1.82) is 0 Å². The van der Waals surface area contributed by atoms with Crippen LogP contribution >= 0.6 is 0 Å². The van der Waals surface area contributed by atoms with Gasteiger partial charge in [0.2, 0.25) is 0 Å². The van der Waals surface area contributed by atoms with Crippen molar-refractivity contribution >= 4 is 0 Å². The maximum Gasteiger partial charge on any atom is 0.0514 e. The Labute approximate surface area is 134 Å². The summed E-state index contributed by atoms with van der Waals surface area (Å²) in [5.74, 6) is 0.766. The molecule has 0 saturated carbocycles. The lowest BCUT2D eigenvalue weighted by Crippen LogP contribution is -2.10. The molecular weight excluding hydrogens is 256 g/mol. The molecule has 0 fully saturated rings. The second-order valence-electron chi connectivity index (χ2n) is 7.06. The van der Waals surface area contributed by atoms with Crippen LogP contribution in [0, 0.1) is 5.92 Å². The number of unbranched alkanes of at least 4 members (excludes halogenated alkanes) is 10. The van der Waals surface area contributed by atoms with E-state index >= 15 is 0 Å². The molecule has 0 rings (SSSR count). The van der Waals surface area contributed by atoms with Crippen molar-refractivity contribution in [2.75, 3.05) is 0 Å². The Bertz CT molecular complexity index is 188. The fourth-order valence-electron chi connectivity index (χ4n) is 3.29. The summed E-state index contributed by atoms with van der Waals surface area (Å²) < 4.78 is 0. The van der Waals surface area contributed by atoms with Crippen LogP contribution in [0.25, 0.3) is 0 Å². The Kier molecular flexibility index (Phi) is 16.3. The SMILES string of the molecule is CCCCCCCCCC(CCCCCCC)CC(C)O. The molecule has 0 bridgehead atoms. The van der Waals surface area contributed by atoms with E-state index in [0.29, 0.717) is 0 Å². The van der Waals surface area contributed by atoms with Crippen molar-refractivity contribution in [2.24, 2.45) is 5.92 Å². The van der Waals surface area contributed by atoms with Gasteiger partial charge in [-0.25, -0.2) is 0 Å². The molecule has 1 heteroatoms. The van der Waals surface area contributed by atoms with Gasteiger partial charge in [0, 0.05) is 0 Å². The summed E-state index contributed by atoms with van der Waals surface area (Å²) in [7, 11) is 0. The van der Waals surface area contributed by atoms with E-state index in [1.165, 1.54) is 89.9 Å². The molecule has 0 saturated heterocycles. The molecule has 128 valence electrons. The highest BCUT2D eigenvalue weighted by Crippen LogP contribution is 2.23. The van der Waals surface area contributed by atoms with Crippen LogP contribution in [-0.2, 0) is 0 Å². The molecule has 0 aliphatic rings. The third kappa shape index (κ3) is 16.2. The zero-order chi connectivity index (χ0) is 15.8. The van der Waals surface area contributed by atoms with Gasteiger partial charge in [0.25, 0.3) is 0 Å². The molecule has 2 atom stereocenters. The molecule has 21 heavy (non-hydrogen) atoms. The van der Waals surface area contributed by atoms with Gasteiger partial charge >= 0.3 is 0 Å². The van der Waals surface area contributed by atoms with E-state index in [1.54, 1.807) is 0 Å². The average molecular weight is 299 g/mol. The number of aliphatic hydroxyl groups is 1. The topological polar surface area (TPSA) is 20.2 Å². The van der Waals surface area contributed by atoms with Gasteiger partial charge < -0.3 is 5.11 Å².